The van der Waals surface area contributed by atoms with E-state index in [4.69, 9.17) is 11.5 Å². The van der Waals surface area contributed by atoms with Crippen molar-refractivity contribution in [1.29, 1.82) is 0 Å². The molecule has 0 amide bonds. The third-order valence-corrected chi connectivity index (χ3v) is 1.30. The van der Waals surface area contributed by atoms with Crippen LogP contribution in [0.15, 0.2) is 12.3 Å². The fraction of sp³-hybridized carbons (Fsp3) is 0. The summed E-state index contributed by atoms with van der Waals surface area (Å²) in [5.41, 5.74) is 11.4. The van der Waals surface area contributed by atoms with Gasteiger partial charge in [0.05, 0.1) is 6.20 Å². The number of aromatic nitrogens is 4. The summed E-state index contributed by atoms with van der Waals surface area (Å²) in [6.07, 6.45) is 1.58. The number of fused-ring (bicyclic) bond motifs is 1. The Morgan fingerprint density at radius 2 is 1.92 bits per heavy atom. The van der Waals surface area contributed by atoms with E-state index in [0.29, 0.717) is 5.65 Å². The highest BCUT2D eigenvalue weighted by atomic mass is 35.5. The van der Waals surface area contributed by atoms with E-state index >= 15 is 0 Å². The number of hydrogen-bond acceptors (Lipinski definition) is 5. The summed E-state index contributed by atoms with van der Waals surface area (Å²) < 4.78 is 1.41. The first-order valence-corrected chi connectivity index (χ1v) is 3.00. The molecule has 6 N–H and O–H groups in total. The summed E-state index contributed by atoms with van der Waals surface area (Å²) in [5.74, 6) is 0.410. The van der Waals surface area contributed by atoms with Crippen LogP contribution in [0, 0.1) is 0 Å². The molecule has 0 fully saturated rings. The maximum absolute atomic E-state index is 5.47. The van der Waals surface area contributed by atoms with Gasteiger partial charge in [-0.05, 0) is 0 Å². The minimum absolute atomic E-state index is 0. The molecule has 2 aromatic rings. The maximum atomic E-state index is 5.47. The van der Waals surface area contributed by atoms with Crippen LogP contribution >= 0.6 is 12.4 Å². The van der Waals surface area contributed by atoms with E-state index in [1.54, 1.807) is 12.3 Å². The lowest BCUT2D eigenvalue weighted by molar-refractivity contribution is 0.824. The number of hydrogen-bond donors (Lipinski definition) is 2. The Balaban J connectivity index is 0.000000720. The Morgan fingerprint density at radius 1 is 1.23 bits per heavy atom. The standard InChI is InChI=1S/C5H6N6.ClH.H2O/c6-4-9-3-1-2-8-11(3)5(7)10-4;;/h1-2H,(H4,6,7,9,10);1H;1H2. The quantitative estimate of drug-likeness (QED) is 0.562. The van der Waals surface area contributed by atoms with Gasteiger partial charge in [-0.25, -0.2) is 0 Å². The molecule has 0 saturated heterocycles. The molecule has 0 saturated carbocycles. The van der Waals surface area contributed by atoms with Crippen molar-refractivity contribution in [3.8, 4) is 0 Å². The molecule has 8 heteroatoms. The lowest BCUT2D eigenvalue weighted by Crippen LogP contribution is -2.06. The van der Waals surface area contributed by atoms with Crippen LogP contribution in [0.3, 0.4) is 0 Å². The predicted octanol–water partition coefficient (Wildman–Crippen LogP) is -1.11. The van der Waals surface area contributed by atoms with Crippen molar-refractivity contribution in [2.24, 2.45) is 0 Å². The topological polar surface area (TPSA) is 127 Å². The SMILES string of the molecule is Cl.Nc1nc(N)n2nccc2n1.O. The molecule has 2 aromatic heterocycles. The van der Waals surface area contributed by atoms with Gasteiger partial charge in [0.25, 0.3) is 0 Å². The van der Waals surface area contributed by atoms with Crippen molar-refractivity contribution in [2.45, 2.75) is 0 Å². The molecule has 13 heavy (non-hydrogen) atoms. The fourth-order valence-electron chi connectivity index (χ4n) is 0.865. The summed E-state index contributed by atoms with van der Waals surface area (Å²) in [6, 6.07) is 1.70. The predicted molar refractivity (Wildman–Crippen MR) is 50.5 cm³/mol. The summed E-state index contributed by atoms with van der Waals surface area (Å²) in [6.45, 7) is 0. The number of halogens is 1. The van der Waals surface area contributed by atoms with Crippen LogP contribution in [-0.2, 0) is 0 Å². The number of nitrogens with two attached hydrogens (primary N) is 2. The van der Waals surface area contributed by atoms with Gasteiger partial charge >= 0.3 is 0 Å². The van der Waals surface area contributed by atoms with Crippen LogP contribution in [-0.4, -0.2) is 25.1 Å². The van der Waals surface area contributed by atoms with E-state index in [2.05, 4.69) is 15.1 Å². The van der Waals surface area contributed by atoms with Gasteiger partial charge in [0.1, 0.15) is 0 Å². The van der Waals surface area contributed by atoms with E-state index in [9.17, 15) is 0 Å². The van der Waals surface area contributed by atoms with E-state index in [0.717, 1.165) is 0 Å². The molecule has 0 unspecified atom stereocenters. The van der Waals surface area contributed by atoms with Crippen LogP contribution in [0.25, 0.3) is 5.65 Å². The van der Waals surface area contributed by atoms with E-state index in [1.165, 1.54) is 4.52 Å². The molecule has 0 aliphatic carbocycles. The second-order valence-electron chi connectivity index (χ2n) is 2.04. The lowest BCUT2D eigenvalue weighted by atomic mass is 10.7. The molecule has 2 heterocycles. The van der Waals surface area contributed by atoms with Gasteiger partial charge in [-0.15, -0.1) is 12.4 Å². The summed E-state index contributed by atoms with van der Waals surface area (Å²) in [4.78, 5) is 7.60. The van der Waals surface area contributed by atoms with E-state index < -0.39 is 0 Å². The molecule has 0 aliphatic heterocycles. The molecular weight excluding hydrogens is 196 g/mol. The van der Waals surface area contributed by atoms with Gasteiger partial charge in [-0.3, -0.25) is 0 Å². The monoisotopic (exact) mass is 204 g/mol. The average Bonchev–Trinajstić information content (AvgIpc) is 2.34. The van der Waals surface area contributed by atoms with Crippen molar-refractivity contribution >= 4 is 30.0 Å². The van der Waals surface area contributed by atoms with Gasteiger partial charge < -0.3 is 16.9 Å². The minimum atomic E-state index is 0. The molecule has 0 aliphatic rings. The zero-order valence-corrected chi connectivity index (χ0v) is 7.32. The molecule has 0 atom stereocenters. The summed E-state index contributed by atoms with van der Waals surface area (Å²) in [7, 11) is 0. The lowest BCUT2D eigenvalue weighted by Gasteiger charge is -1.96. The van der Waals surface area contributed by atoms with E-state index in [-0.39, 0.29) is 29.8 Å². The average molecular weight is 205 g/mol. The van der Waals surface area contributed by atoms with Crippen LogP contribution in [0.5, 0.6) is 0 Å². The van der Waals surface area contributed by atoms with Crippen molar-refractivity contribution in [1.82, 2.24) is 19.6 Å². The first-order valence-electron chi connectivity index (χ1n) is 3.00. The van der Waals surface area contributed by atoms with Gasteiger partial charge in [0, 0.05) is 6.07 Å². The van der Waals surface area contributed by atoms with E-state index in [1.807, 2.05) is 0 Å². The van der Waals surface area contributed by atoms with Gasteiger partial charge in [-0.1, -0.05) is 0 Å². The number of nitrogens with zero attached hydrogens (tertiary/aromatic N) is 4. The van der Waals surface area contributed by atoms with Crippen LogP contribution < -0.4 is 11.5 Å². The Kier molecular flexibility index (Phi) is 3.40. The molecule has 0 radical (unpaired) electrons. The molecule has 0 aromatic carbocycles. The first kappa shape index (κ1) is 11.4. The van der Waals surface area contributed by atoms with Gasteiger partial charge in [0.15, 0.2) is 5.65 Å². The Bertz CT molecular complexity index is 401. The summed E-state index contributed by atoms with van der Waals surface area (Å²) >= 11 is 0. The second kappa shape index (κ2) is 3.87. The van der Waals surface area contributed by atoms with Gasteiger partial charge in [-0.2, -0.15) is 19.6 Å². The molecule has 0 spiro atoms. The molecule has 0 bridgehead atoms. The van der Waals surface area contributed by atoms with Crippen LogP contribution in [0.1, 0.15) is 0 Å². The van der Waals surface area contributed by atoms with Crippen molar-refractivity contribution in [2.75, 3.05) is 11.5 Å². The zero-order chi connectivity index (χ0) is 7.84. The first-order chi connectivity index (χ1) is 5.27. The van der Waals surface area contributed by atoms with Gasteiger partial charge in [0.2, 0.25) is 11.9 Å². The number of nitrogen functional groups attached to an aromatic ring is 2. The second-order valence-corrected chi connectivity index (χ2v) is 2.04. The van der Waals surface area contributed by atoms with Crippen LogP contribution in [0.4, 0.5) is 11.9 Å². The third-order valence-electron chi connectivity index (χ3n) is 1.30. The number of rotatable bonds is 0. The highest BCUT2D eigenvalue weighted by Crippen LogP contribution is 2.03. The molecular formula is C5H9ClN6O. The van der Waals surface area contributed by atoms with Crippen LogP contribution in [0.2, 0.25) is 0 Å². The normalized spacial score (nSPS) is 8.92. The smallest absolute Gasteiger partial charge is 0.226 e. The molecule has 72 valence electrons. The van der Waals surface area contributed by atoms with Crippen molar-refractivity contribution < 1.29 is 5.48 Å². The van der Waals surface area contributed by atoms with Crippen molar-refractivity contribution in [3.63, 3.8) is 0 Å². The highest BCUT2D eigenvalue weighted by molar-refractivity contribution is 5.85. The minimum Gasteiger partial charge on any atom is -0.412 e. The maximum Gasteiger partial charge on any atom is 0.226 e. The Morgan fingerprint density at radius 3 is 2.62 bits per heavy atom. The largest absolute Gasteiger partial charge is 0.412 e. The molecule has 7 nitrogen and oxygen atoms in total. The third kappa shape index (κ3) is 1.76. The zero-order valence-electron chi connectivity index (χ0n) is 6.51. The highest BCUT2D eigenvalue weighted by Gasteiger charge is 2.00. The van der Waals surface area contributed by atoms with Crippen molar-refractivity contribution in [3.05, 3.63) is 12.3 Å². The Hall–Kier alpha value is -1.60. The Labute approximate surface area is 79.5 Å². The fourth-order valence-corrected chi connectivity index (χ4v) is 0.865. The number of anilines is 2. The summed E-state index contributed by atoms with van der Waals surface area (Å²) in [5, 5.41) is 3.87. The molecule has 2 rings (SSSR count).